The molecule has 2 aliphatic rings. The van der Waals surface area contributed by atoms with Crippen LogP contribution >= 0.6 is 0 Å². The molecule has 0 saturated carbocycles. The van der Waals surface area contributed by atoms with Crippen molar-refractivity contribution in [2.75, 3.05) is 0 Å². The second-order valence-electron chi connectivity index (χ2n) is 12.6. The van der Waals surface area contributed by atoms with Gasteiger partial charge in [-0.05, 0) is 47.5 Å². The molecule has 8 rings (SSSR count). The van der Waals surface area contributed by atoms with Crippen LogP contribution in [0, 0.1) is 0 Å². The zero-order valence-electron chi connectivity index (χ0n) is 27.0. The van der Waals surface area contributed by atoms with Crippen LogP contribution < -0.4 is 0 Å². The number of nitrogens with one attached hydrogen (secondary N) is 2. The molecule has 2 aromatic heterocycles. The number of carboxylic acid groups (broad SMARTS) is 2. The summed E-state index contributed by atoms with van der Waals surface area (Å²) in [6, 6.07) is 19.0. The molecular weight excluding hydrogens is 668 g/mol. The van der Waals surface area contributed by atoms with Crippen LogP contribution in [0.3, 0.4) is 0 Å². The molecule has 0 bridgehead atoms. The number of hydrogen-bond donors (Lipinski definition) is 4. The van der Waals surface area contributed by atoms with Crippen molar-refractivity contribution < 1.29 is 43.8 Å². The maximum absolute atomic E-state index is 13.7. The largest absolute Gasteiger partial charge is 0.480 e. The first-order valence-corrected chi connectivity index (χ1v) is 16.2. The summed E-state index contributed by atoms with van der Waals surface area (Å²) in [6.07, 6.45) is 2.96. The van der Waals surface area contributed by atoms with Gasteiger partial charge in [0.25, 0.3) is 23.6 Å². The number of ketones is 1. The number of carbonyl (C=O) groups excluding carboxylic acids is 5. The topological polar surface area (TPSA) is 198 Å². The van der Waals surface area contributed by atoms with E-state index in [0.29, 0.717) is 20.9 Å². The minimum absolute atomic E-state index is 0.0263. The first-order valence-electron chi connectivity index (χ1n) is 16.2. The summed E-state index contributed by atoms with van der Waals surface area (Å²) in [5.41, 5.74) is 2.26. The van der Waals surface area contributed by atoms with Crippen molar-refractivity contribution in [1.29, 1.82) is 0 Å². The Morgan fingerprint density at radius 2 is 0.923 bits per heavy atom. The van der Waals surface area contributed by atoms with Gasteiger partial charge in [-0.15, -0.1) is 0 Å². The van der Waals surface area contributed by atoms with E-state index in [1.807, 2.05) is 24.3 Å². The summed E-state index contributed by atoms with van der Waals surface area (Å²) in [6.45, 7) is 0. The van der Waals surface area contributed by atoms with Gasteiger partial charge in [0.15, 0.2) is 5.78 Å². The minimum Gasteiger partial charge on any atom is -0.480 e. The highest BCUT2D eigenvalue weighted by molar-refractivity contribution is 6.25. The Labute approximate surface area is 293 Å². The van der Waals surface area contributed by atoms with Crippen LogP contribution in [0.15, 0.2) is 97.3 Å². The fourth-order valence-corrected chi connectivity index (χ4v) is 7.13. The Kier molecular flexibility index (Phi) is 7.41. The Morgan fingerprint density at radius 1 is 0.538 bits per heavy atom. The standard InChI is InChI=1S/C39H26N4O9/c44-33(19-9-11-25-27(13-19)36(47)42(34(25)45)31(38(49)50)15-21-17-40-29-7-3-1-5-23(21)29)20-10-12-26-28(14-20)37(48)43(35(26)46)32(39(51)52)16-22-18-41-30-8-4-2-6-24(22)30/h1-14,17-18,31-32,40-41H,15-16H2,(H,49,50)(H,51,52). The van der Waals surface area contributed by atoms with Crippen molar-refractivity contribution >= 4 is 63.2 Å². The van der Waals surface area contributed by atoms with Crippen LogP contribution in [0.1, 0.15) is 68.5 Å². The quantitative estimate of drug-likeness (QED) is 0.118. The van der Waals surface area contributed by atoms with Gasteiger partial charge in [0.1, 0.15) is 12.1 Å². The van der Waals surface area contributed by atoms with Crippen molar-refractivity contribution in [1.82, 2.24) is 19.8 Å². The number of H-pyrrole nitrogens is 2. The normalized spacial score (nSPS) is 15.0. The number of imide groups is 2. The van der Waals surface area contributed by atoms with Crippen molar-refractivity contribution in [2.45, 2.75) is 24.9 Å². The number of rotatable bonds is 10. The van der Waals surface area contributed by atoms with E-state index in [1.54, 1.807) is 36.7 Å². The highest BCUT2D eigenvalue weighted by Gasteiger charge is 2.45. The van der Waals surface area contributed by atoms with E-state index in [2.05, 4.69) is 9.97 Å². The SMILES string of the molecule is O=C(c1ccc2c(c1)C(=O)N(C(Cc1c[nH]c3ccccc13)C(=O)O)C2=O)c1ccc2c(c1)C(=O)N(C(Cc1c[nH]c3ccccc13)C(=O)O)C2=O. The average Bonchev–Trinajstić information content (AvgIpc) is 3.88. The molecule has 0 spiro atoms. The number of aromatic nitrogens is 2. The van der Waals surface area contributed by atoms with Crippen molar-refractivity contribution in [2.24, 2.45) is 0 Å². The minimum atomic E-state index is -1.53. The highest BCUT2D eigenvalue weighted by atomic mass is 16.4. The zero-order chi connectivity index (χ0) is 36.4. The van der Waals surface area contributed by atoms with E-state index in [0.717, 1.165) is 21.8 Å². The molecule has 4 amide bonds. The lowest BCUT2D eigenvalue weighted by molar-refractivity contribution is -0.142. The Morgan fingerprint density at radius 3 is 1.33 bits per heavy atom. The number of aliphatic carboxylic acids is 2. The molecule has 2 atom stereocenters. The lowest BCUT2D eigenvalue weighted by Gasteiger charge is -2.22. The van der Waals surface area contributed by atoms with Crippen molar-refractivity contribution in [3.05, 3.63) is 142 Å². The van der Waals surface area contributed by atoms with Crippen molar-refractivity contribution in [3.8, 4) is 0 Å². The molecule has 0 fully saturated rings. The molecule has 0 saturated heterocycles. The van der Waals surface area contributed by atoms with Gasteiger partial charge in [0.05, 0.1) is 22.3 Å². The number of aromatic amines is 2. The first-order chi connectivity index (χ1) is 25.0. The Hall–Kier alpha value is -7.15. The van der Waals surface area contributed by atoms with Crippen LogP contribution in [-0.2, 0) is 22.4 Å². The molecule has 0 radical (unpaired) electrons. The van der Waals surface area contributed by atoms with Crippen molar-refractivity contribution in [3.63, 3.8) is 0 Å². The van der Waals surface area contributed by atoms with Gasteiger partial charge in [-0.3, -0.25) is 33.8 Å². The third-order valence-corrected chi connectivity index (χ3v) is 9.73. The summed E-state index contributed by atoms with van der Waals surface area (Å²) in [5, 5.41) is 21.7. The van der Waals surface area contributed by atoms with Crippen LogP contribution in [0.25, 0.3) is 21.8 Å². The van der Waals surface area contributed by atoms with Crippen LogP contribution in [0.5, 0.6) is 0 Å². The monoisotopic (exact) mass is 694 g/mol. The number of amides is 4. The molecule has 13 nitrogen and oxygen atoms in total. The van der Waals surface area contributed by atoms with Gasteiger partial charge in [-0.1, -0.05) is 48.5 Å². The van der Waals surface area contributed by atoms with E-state index in [-0.39, 0.29) is 46.2 Å². The molecule has 256 valence electrons. The van der Waals surface area contributed by atoms with Gasteiger partial charge in [-0.25, -0.2) is 9.59 Å². The van der Waals surface area contributed by atoms with E-state index < -0.39 is 53.4 Å². The van der Waals surface area contributed by atoms with E-state index in [9.17, 15) is 43.8 Å². The molecule has 2 unspecified atom stereocenters. The molecular formula is C39H26N4O9. The van der Waals surface area contributed by atoms with Crippen LogP contribution in [-0.4, -0.2) is 83.4 Å². The highest BCUT2D eigenvalue weighted by Crippen LogP contribution is 2.32. The van der Waals surface area contributed by atoms with Crippen LogP contribution in [0.4, 0.5) is 0 Å². The first kappa shape index (κ1) is 32.1. The summed E-state index contributed by atoms with van der Waals surface area (Å²) in [5.74, 6) is -6.78. The van der Waals surface area contributed by atoms with E-state index in [1.165, 1.54) is 36.4 Å². The molecule has 13 heteroatoms. The predicted octanol–water partition coefficient (Wildman–Crippen LogP) is 4.46. The summed E-state index contributed by atoms with van der Waals surface area (Å²) >= 11 is 0. The fourth-order valence-electron chi connectivity index (χ4n) is 7.13. The smallest absolute Gasteiger partial charge is 0.327 e. The number of nitrogens with zero attached hydrogens (tertiary/aromatic N) is 2. The van der Waals surface area contributed by atoms with E-state index >= 15 is 0 Å². The van der Waals surface area contributed by atoms with Gasteiger partial charge in [0, 0.05) is 58.2 Å². The maximum Gasteiger partial charge on any atom is 0.327 e. The lowest BCUT2D eigenvalue weighted by Crippen LogP contribution is -2.46. The van der Waals surface area contributed by atoms with Gasteiger partial charge in [0.2, 0.25) is 0 Å². The number of fused-ring (bicyclic) bond motifs is 4. The second kappa shape index (κ2) is 12.0. The Bertz CT molecular complexity index is 2410. The Balaban J connectivity index is 1.05. The molecule has 0 aliphatic carbocycles. The number of benzene rings is 4. The summed E-state index contributed by atoms with van der Waals surface area (Å²) < 4.78 is 0. The summed E-state index contributed by atoms with van der Waals surface area (Å²) in [4.78, 5) is 100. The molecule has 2 aliphatic heterocycles. The molecule has 52 heavy (non-hydrogen) atoms. The molecule has 6 aromatic rings. The molecule has 4 heterocycles. The summed E-state index contributed by atoms with van der Waals surface area (Å²) in [7, 11) is 0. The predicted molar refractivity (Wildman–Crippen MR) is 184 cm³/mol. The number of carboxylic acids is 2. The van der Waals surface area contributed by atoms with Crippen LogP contribution in [0.2, 0.25) is 0 Å². The number of para-hydroxylation sites is 2. The fraction of sp³-hybridized carbons (Fsp3) is 0.103. The third kappa shape index (κ3) is 4.97. The van der Waals surface area contributed by atoms with Gasteiger partial charge in [-0.2, -0.15) is 0 Å². The maximum atomic E-state index is 13.7. The lowest BCUT2D eigenvalue weighted by atomic mass is 9.96. The molecule has 4 aromatic carbocycles. The molecule has 4 N–H and O–H groups in total. The van der Waals surface area contributed by atoms with Gasteiger partial charge >= 0.3 is 11.9 Å². The zero-order valence-corrected chi connectivity index (χ0v) is 27.0. The van der Waals surface area contributed by atoms with E-state index in [4.69, 9.17) is 0 Å². The average molecular weight is 695 g/mol. The third-order valence-electron chi connectivity index (χ3n) is 9.73. The van der Waals surface area contributed by atoms with Gasteiger partial charge < -0.3 is 20.2 Å². The second-order valence-corrected chi connectivity index (χ2v) is 12.6. The number of hydrogen-bond acceptors (Lipinski definition) is 7. The number of carbonyl (C=O) groups is 7.